The van der Waals surface area contributed by atoms with Gasteiger partial charge in [0.15, 0.2) is 11.6 Å². The molecule has 2 amide bonds. The normalized spacial score (nSPS) is 15.9. The van der Waals surface area contributed by atoms with Crippen LogP contribution < -0.4 is 0 Å². The van der Waals surface area contributed by atoms with Crippen LogP contribution in [0.5, 0.6) is 0 Å². The first-order valence-corrected chi connectivity index (χ1v) is 7.90. The second kappa shape index (κ2) is 6.94. The van der Waals surface area contributed by atoms with Crippen LogP contribution in [0, 0.1) is 6.92 Å². The van der Waals surface area contributed by atoms with Crippen molar-refractivity contribution in [2.75, 3.05) is 27.2 Å². The summed E-state index contributed by atoms with van der Waals surface area (Å²) in [6, 6.07) is 0. The van der Waals surface area contributed by atoms with E-state index in [-0.39, 0.29) is 17.7 Å². The van der Waals surface area contributed by atoms with Crippen molar-refractivity contribution >= 4 is 11.8 Å². The average molecular weight is 307 g/mol. The number of aryl methyl sites for hydroxylation is 1. The first-order valence-electron chi connectivity index (χ1n) is 7.90. The zero-order valence-corrected chi connectivity index (χ0v) is 13.9. The first kappa shape index (κ1) is 16.5. The van der Waals surface area contributed by atoms with Crippen molar-refractivity contribution in [3.8, 4) is 0 Å². The van der Waals surface area contributed by atoms with Gasteiger partial charge in [-0.3, -0.25) is 9.59 Å². The molecule has 0 unspecified atom stereocenters. The predicted molar refractivity (Wildman–Crippen MR) is 82.7 cm³/mol. The summed E-state index contributed by atoms with van der Waals surface area (Å²) in [5.41, 5.74) is 0.393. The molecule has 1 aliphatic rings. The van der Waals surface area contributed by atoms with Gasteiger partial charge in [0.05, 0.1) is 0 Å². The number of likely N-dealkylation sites (tertiary alicyclic amines) is 1. The molecule has 0 bridgehead atoms. The summed E-state index contributed by atoms with van der Waals surface area (Å²) in [6.07, 6.45) is 3.17. The van der Waals surface area contributed by atoms with Crippen molar-refractivity contribution in [1.82, 2.24) is 14.8 Å². The van der Waals surface area contributed by atoms with E-state index in [4.69, 9.17) is 4.42 Å². The summed E-state index contributed by atoms with van der Waals surface area (Å²) in [5.74, 6) is 1.48. The number of piperidine rings is 1. The Kier molecular flexibility index (Phi) is 5.21. The van der Waals surface area contributed by atoms with Crippen molar-refractivity contribution in [3.63, 3.8) is 0 Å². The van der Waals surface area contributed by atoms with Crippen molar-refractivity contribution in [1.29, 1.82) is 0 Å². The lowest BCUT2D eigenvalue weighted by Crippen LogP contribution is -2.37. The Labute approximate surface area is 131 Å². The summed E-state index contributed by atoms with van der Waals surface area (Å²) in [4.78, 5) is 31.7. The molecular weight excluding hydrogens is 282 g/mol. The maximum absolute atomic E-state index is 12.0. The SMILES string of the molecule is CCCC(=O)N1CCC(c2nc(C(=O)N(C)C)c(C)o2)CC1. The van der Waals surface area contributed by atoms with E-state index in [1.165, 1.54) is 4.90 Å². The third kappa shape index (κ3) is 3.48. The standard InChI is InChI=1S/C16H25N3O3/c1-5-6-13(20)19-9-7-12(8-10-19)15-17-14(11(2)22-15)16(21)18(3)4/h12H,5-10H2,1-4H3. The highest BCUT2D eigenvalue weighted by Crippen LogP contribution is 2.29. The highest BCUT2D eigenvalue weighted by molar-refractivity contribution is 5.92. The van der Waals surface area contributed by atoms with Crippen molar-refractivity contribution in [2.24, 2.45) is 0 Å². The van der Waals surface area contributed by atoms with E-state index in [1.54, 1.807) is 21.0 Å². The van der Waals surface area contributed by atoms with Crippen LogP contribution in [0.25, 0.3) is 0 Å². The van der Waals surface area contributed by atoms with Crippen LogP contribution in [0.4, 0.5) is 0 Å². The van der Waals surface area contributed by atoms with Crippen LogP contribution in [-0.2, 0) is 4.79 Å². The Morgan fingerprint density at radius 3 is 2.50 bits per heavy atom. The fourth-order valence-electron chi connectivity index (χ4n) is 2.75. The molecule has 2 rings (SSSR count). The number of oxazole rings is 1. The van der Waals surface area contributed by atoms with E-state index >= 15 is 0 Å². The van der Waals surface area contributed by atoms with E-state index in [2.05, 4.69) is 4.98 Å². The number of rotatable bonds is 4. The number of carbonyl (C=O) groups excluding carboxylic acids is 2. The van der Waals surface area contributed by atoms with E-state index in [0.29, 0.717) is 23.8 Å². The molecule has 0 atom stereocenters. The Hall–Kier alpha value is -1.85. The Morgan fingerprint density at radius 2 is 1.95 bits per heavy atom. The molecular formula is C16H25N3O3. The van der Waals surface area contributed by atoms with Crippen molar-refractivity contribution < 1.29 is 14.0 Å². The highest BCUT2D eigenvalue weighted by Gasteiger charge is 2.28. The van der Waals surface area contributed by atoms with Crippen LogP contribution in [0.1, 0.15) is 60.7 Å². The lowest BCUT2D eigenvalue weighted by Gasteiger charge is -2.30. The minimum absolute atomic E-state index is 0.136. The lowest BCUT2D eigenvalue weighted by atomic mass is 9.96. The topological polar surface area (TPSA) is 66.7 Å². The predicted octanol–water partition coefficient (Wildman–Crippen LogP) is 2.19. The fraction of sp³-hybridized carbons (Fsp3) is 0.688. The van der Waals surface area contributed by atoms with E-state index in [1.807, 2.05) is 11.8 Å². The van der Waals surface area contributed by atoms with Gasteiger partial charge in [0.1, 0.15) is 5.76 Å². The van der Waals surface area contributed by atoms with Gasteiger partial charge in [-0.1, -0.05) is 6.92 Å². The number of hydrogen-bond acceptors (Lipinski definition) is 4. The minimum atomic E-state index is -0.136. The molecule has 0 aliphatic carbocycles. The van der Waals surface area contributed by atoms with Crippen LogP contribution in [0.3, 0.4) is 0 Å². The van der Waals surface area contributed by atoms with Gasteiger partial charge in [0, 0.05) is 39.5 Å². The Morgan fingerprint density at radius 1 is 1.32 bits per heavy atom. The fourth-order valence-corrected chi connectivity index (χ4v) is 2.75. The van der Waals surface area contributed by atoms with Gasteiger partial charge < -0.3 is 14.2 Å². The summed E-state index contributed by atoms with van der Waals surface area (Å²) in [5, 5.41) is 0. The van der Waals surface area contributed by atoms with Crippen LogP contribution in [0.15, 0.2) is 4.42 Å². The molecule has 1 aromatic heterocycles. The van der Waals surface area contributed by atoms with E-state index in [9.17, 15) is 9.59 Å². The number of nitrogens with zero attached hydrogens (tertiary/aromatic N) is 3. The van der Waals surface area contributed by atoms with Gasteiger partial charge in [-0.15, -0.1) is 0 Å². The zero-order valence-electron chi connectivity index (χ0n) is 13.9. The zero-order chi connectivity index (χ0) is 16.3. The molecule has 6 nitrogen and oxygen atoms in total. The molecule has 1 aromatic rings. The first-order chi connectivity index (χ1) is 10.4. The molecule has 122 valence electrons. The second-order valence-corrected chi connectivity index (χ2v) is 6.06. The number of hydrogen-bond donors (Lipinski definition) is 0. The smallest absolute Gasteiger partial charge is 0.275 e. The summed E-state index contributed by atoms with van der Waals surface area (Å²) >= 11 is 0. The molecule has 0 radical (unpaired) electrons. The maximum Gasteiger partial charge on any atom is 0.275 e. The molecule has 22 heavy (non-hydrogen) atoms. The summed E-state index contributed by atoms with van der Waals surface area (Å²) in [7, 11) is 3.40. The monoisotopic (exact) mass is 307 g/mol. The summed E-state index contributed by atoms with van der Waals surface area (Å²) in [6.45, 7) is 5.26. The van der Waals surface area contributed by atoms with Crippen molar-refractivity contribution in [3.05, 3.63) is 17.3 Å². The van der Waals surface area contributed by atoms with Crippen LogP contribution in [-0.4, -0.2) is 53.8 Å². The van der Waals surface area contributed by atoms with Crippen LogP contribution >= 0.6 is 0 Å². The maximum atomic E-state index is 12.0. The molecule has 1 aliphatic heterocycles. The molecule has 0 N–H and O–H groups in total. The second-order valence-electron chi connectivity index (χ2n) is 6.06. The molecule has 1 fully saturated rings. The van der Waals surface area contributed by atoms with E-state index < -0.39 is 0 Å². The summed E-state index contributed by atoms with van der Waals surface area (Å²) < 4.78 is 5.71. The third-order valence-corrected chi connectivity index (χ3v) is 4.08. The van der Waals surface area contributed by atoms with Crippen molar-refractivity contribution in [2.45, 2.75) is 45.4 Å². The van der Waals surface area contributed by atoms with E-state index in [0.717, 1.165) is 32.4 Å². The molecule has 0 spiro atoms. The number of amides is 2. The quantitative estimate of drug-likeness (QED) is 0.855. The van der Waals surface area contributed by atoms with Gasteiger partial charge in [0.2, 0.25) is 5.91 Å². The van der Waals surface area contributed by atoms with Gasteiger partial charge >= 0.3 is 0 Å². The average Bonchev–Trinajstić information content (AvgIpc) is 2.88. The Balaban J connectivity index is 2.02. The largest absolute Gasteiger partial charge is 0.445 e. The number of carbonyl (C=O) groups is 2. The van der Waals surface area contributed by atoms with Gasteiger partial charge in [-0.2, -0.15) is 0 Å². The molecule has 6 heteroatoms. The molecule has 2 heterocycles. The third-order valence-electron chi connectivity index (χ3n) is 4.08. The van der Waals surface area contributed by atoms with Crippen LogP contribution in [0.2, 0.25) is 0 Å². The lowest BCUT2D eigenvalue weighted by molar-refractivity contribution is -0.132. The van der Waals surface area contributed by atoms with Gasteiger partial charge in [-0.25, -0.2) is 4.98 Å². The highest BCUT2D eigenvalue weighted by atomic mass is 16.4. The molecule has 1 saturated heterocycles. The van der Waals surface area contributed by atoms with Gasteiger partial charge in [-0.05, 0) is 26.2 Å². The van der Waals surface area contributed by atoms with Gasteiger partial charge in [0.25, 0.3) is 5.91 Å². The minimum Gasteiger partial charge on any atom is -0.445 e. The molecule has 0 saturated carbocycles. The Bertz CT molecular complexity index is 543. The number of aromatic nitrogens is 1. The molecule has 0 aromatic carbocycles.